The van der Waals surface area contributed by atoms with E-state index in [0.29, 0.717) is 0 Å². The first-order valence-corrected chi connectivity index (χ1v) is 3.44. The van der Waals surface area contributed by atoms with Crippen LogP contribution >= 0.6 is 0 Å². The van der Waals surface area contributed by atoms with Gasteiger partial charge in [-0.3, -0.25) is 4.79 Å². The molecule has 0 aliphatic carbocycles. The maximum atomic E-state index is 10.4. The van der Waals surface area contributed by atoms with Gasteiger partial charge in [-0.05, 0) is 6.42 Å². The number of rotatable bonds is 5. The second kappa shape index (κ2) is 7.16. The Hall–Kier alpha value is -1.27. The number of urea groups is 1. The molecule has 1 atom stereocenters. The molecular formula is C6H10MnN2O5. The van der Waals surface area contributed by atoms with Gasteiger partial charge in [-0.25, -0.2) is 9.59 Å². The average Bonchev–Trinajstić information content (AvgIpc) is 1.96. The van der Waals surface area contributed by atoms with Crippen molar-refractivity contribution >= 4 is 18.0 Å². The van der Waals surface area contributed by atoms with E-state index in [2.05, 4.69) is 5.73 Å². The van der Waals surface area contributed by atoms with Crippen LogP contribution in [0.25, 0.3) is 0 Å². The molecule has 1 unspecified atom stereocenters. The van der Waals surface area contributed by atoms with Gasteiger partial charge in [0, 0.05) is 23.5 Å². The normalized spacial score (nSPS) is 10.9. The fraction of sp³-hybridized carbons (Fsp3) is 0.500. The van der Waals surface area contributed by atoms with Crippen molar-refractivity contribution in [1.29, 1.82) is 0 Å². The third-order valence-corrected chi connectivity index (χ3v) is 1.26. The molecule has 0 heterocycles. The van der Waals surface area contributed by atoms with Crippen LogP contribution in [0, 0.1) is 0 Å². The molecule has 0 aromatic rings. The molecular weight excluding hydrogens is 235 g/mol. The predicted octanol–water partition coefficient (Wildman–Crippen LogP) is -1.03. The Kier molecular flexibility index (Phi) is 7.78. The van der Waals surface area contributed by atoms with Crippen LogP contribution in [0.5, 0.6) is 0 Å². The van der Waals surface area contributed by atoms with Crippen molar-refractivity contribution in [3.05, 3.63) is 0 Å². The summed E-state index contributed by atoms with van der Waals surface area (Å²) in [5.74, 6) is -2.43. The first-order valence-electron chi connectivity index (χ1n) is 3.44. The van der Waals surface area contributed by atoms with Crippen LogP contribution in [0.4, 0.5) is 4.79 Å². The number of aliphatic carboxylic acids is 2. The standard InChI is InChI=1S/C6H10N2O5.Mn/c7-6(13)8-3(5(11)12)1-2-4(9)10;/h3H,1-2H2,(H,9,10)(H,11,12)(H3,7,8,13);. The fourth-order valence-electron chi connectivity index (χ4n) is 0.697. The molecule has 0 aromatic heterocycles. The summed E-state index contributed by atoms with van der Waals surface area (Å²) in [5.41, 5.74) is 4.68. The van der Waals surface area contributed by atoms with Crippen LogP contribution in [0.1, 0.15) is 12.8 Å². The SMILES string of the molecule is NC(=O)NC(CCC(=O)O)C(=O)O.[Mn]. The van der Waals surface area contributed by atoms with Gasteiger partial charge in [-0.15, -0.1) is 0 Å². The van der Waals surface area contributed by atoms with E-state index in [9.17, 15) is 14.4 Å². The zero-order valence-corrected chi connectivity index (χ0v) is 8.25. The predicted molar refractivity (Wildman–Crippen MR) is 41.0 cm³/mol. The van der Waals surface area contributed by atoms with Crippen LogP contribution in [0.15, 0.2) is 0 Å². The second-order valence-corrected chi connectivity index (χ2v) is 2.33. The van der Waals surface area contributed by atoms with Crippen molar-refractivity contribution in [2.24, 2.45) is 5.73 Å². The zero-order valence-electron chi connectivity index (χ0n) is 7.07. The molecule has 0 aromatic carbocycles. The van der Waals surface area contributed by atoms with E-state index < -0.39 is 24.0 Å². The molecule has 1 radical (unpaired) electrons. The number of nitrogens with one attached hydrogen (secondary N) is 1. The van der Waals surface area contributed by atoms with Crippen LogP contribution in [0.2, 0.25) is 0 Å². The van der Waals surface area contributed by atoms with Gasteiger partial charge in [0.2, 0.25) is 0 Å². The zero-order chi connectivity index (χ0) is 10.4. The minimum Gasteiger partial charge on any atom is -0.481 e. The molecule has 0 spiro atoms. The molecule has 0 saturated heterocycles. The fourth-order valence-corrected chi connectivity index (χ4v) is 0.697. The minimum absolute atomic E-state index is 0. The van der Waals surface area contributed by atoms with Crippen molar-refractivity contribution < 1.29 is 41.7 Å². The molecule has 81 valence electrons. The largest absolute Gasteiger partial charge is 0.481 e. The molecule has 0 saturated carbocycles. The second-order valence-electron chi connectivity index (χ2n) is 2.33. The van der Waals surface area contributed by atoms with Crippen LogP contribution in [0.3, 0.4) is 0 Å². The van der Waals surface area contributed by atoms with E-state index in [-0.39, 0.29) is 29.9 Å². The maximum absolute atomic E-state index is 10.4. The van der Waals surface area contributed by atoms with E-state index in [1.54, 1.807) is 0 Å². The number of carboxylic acids is 2. The Morgan fingerprint density at radius 2 is 1.79 bits per heavy atom. The van der Waals surface area contributed by atoms with Crippen molar-refractivity contribution in [3.63, 3.8) is 0 Å². The van der Waals surface area contributed by atoms with Crippen molar-refractivity contribution in [1.82, 2.24) is 5.32 Å². The van der Waals surface area contributed by atoms with Crippen LogP contribution in [-0.2, 0) is 26.7 Å². The van der Waals surface area contributed by atoms with E-state index in [4.69, 9.17) is 10.2 Å². The number of carbonyl (C=O) groups is 3. The number of primary amides is 1. The van der Waals surface area contributed by atoms with Gasteiger partial charge in [0.05, 0.1) is 0 Å². The molecule has 0 fully saturated rings. The summed E-state index contributed by atoms with van der Waals surface area (Å²) in [7, 11) is 0. The van der Waals surface area contributed by atoms with E-state index in [1.807, 2.05) is 5.32 Å². The van der Waals surface area contributed by atoms with Crippen LogP contribution < -0.4 is 11.1 Å². The summed E-state index contributed by atoms with van der Waals surface area (Å²) in [6.07, 6.45) is -0.523. The van der Waals surface area contributed by atoms with Crippen LogP contribution in [-0.4, -0.2) is 34.2 Å². The van der Waals surface area contributed by atoms with Gasteiger partial charge in [0.1, 0.15) is 6.04 Å². The summed E-state index contributed by atoms with van der Waals surface area (Å²) in [6, 6.07) is -2.23. The quantitative estimate of drug-likeness (QED) is 0.460. The van der Waals surface area contributed by atoms with Crippen molar-refractivity contribution in [2.45, 2.75) is 18.9 Å². The Balaban J connectivity index is 0. The number of amides is 2. The topological polar surface area (TPSA) is 130 Å². The molecule has 0 rings (SSSR count). The summed E-state index contributed by atoms with van der Waals surface area (Å²) in [6.45, 7) is 0. The average molecular weight is 245 g/mol. The molecule has 14 heavy (non-hydrogen) atoms. The molecule has 7 nitrogen and oxygen atoms in total. The van der Waals surface area contributed by atoms with E-state index in [1.165, 1.54) is 0 Å². The Labute approximate surface area is 90.1 Å². The van der Waals surface area contributed by atoms with Gasteiger partial charge < -0.3 is 21.3 Å². The maximum Gasteiger partial charge on any atom is 0.326 e. The van der Waals surface area contributed by atoms with Gasteiger partial charge in [-0.1, -0.05) is 0 Å². The molecule has 2 amide bonds. The third kappa shape index (κ3) is 7.38. The summed E-state index contributed by atoms with van der Waals surface area (Å²) in [5, 5.41) is 18.6. The Morgan fingerprint density at radius 3 is 2.07 bits per heavy atom. The Bertz CT molecular complexity index is 232. The van der Waals surface area contributed by atoms with Gasteiger partial charge in [-0.2, -0.15) is 0 Å². The smallest absolute Gasteiger partial charge is 0.326 e. The first-order chi connectivity index (χ1) is 5.93. The number of hydrogen-bond donors (Lipinski definition) is 4. The third-order valence-electron chi connectivity index (χ3n) is 1.26. The van der Waals surface area contributed by atoms with Gasteiger partial charge >= 0.3 is 18.0 Å². The van der Waals surface area contributed by atoms with E-state index in [0.717, 1.165) is 0 Å². The molecule has 0 aliphatic rings. The van der Waals surface area contributed by atoms with Gasteiger partial charge in [0.25, 0.3) is 0 Å². The van der Waals surface area contributed by atoms with Gasteiger partial charge in [0.15, 0.2) is 0 Å². The summed E-state index contributed by atoms with van der Waals surface area (Å²) in [4.78, 5) is 30.7. The number of nitrogens with two attached hydrogens (primary N) is 1. The Morgan fingerprint density at radius 1 is 1.29 bits per heavy atom. The molecule has 0 aliphatic heterocycles. The molecule has 0 bridgehead atoms. The number of hydrogen-bond acceptors (Lipinski definition) is 3. The summed E-state index contributed by atoms with van der Waals surface area (Å²) >= 11 is 0. The van der Waals surface area contributed by atoms with E-state index >= 15 is 0 Å². The van der Waals surface area contributed by atoms with Crippen molar-refractivity contribution in [3.8, 4) is 0 Å². The number of carboxylic acid groups (broad SMARTS) is 2. The minimum atomic E-state index is -1.31. The summed E-state index contributed by atoms with van der Waals surface area (Å²) < 4.78 is 0. The molecule has 5 N–H and O–H groups in total. The first kappa shape index (κ1) is 15.2. The number of carbonyl (C=O) groups excluding carboxylic acids is 1. The molecule has 8 heteroatoms. The monoisotopic (exact) mass is 245 g/mol. The van der Waals surface area contributed by atoms with Crippen molar-refractivity contribution in [2.75, 3.05) is 0 Å².